The van der Waals surface area contributed by atoms with Crippen molar-refractivity contribution in [2.24, 2.45) is 23.7 Å². The first kappa shape index (κ1) is 62.2. The first-order valence-corrected chi connectivity index (χ1v) is 32.6. The van der Waals surface area contributed by atoms with Crippen molar-refractivity contribution in [2.75, 3.05) is 73.5 Å². The molecule has 0 aliphatic heterocycles. The molecule has 4 bridgehead atoms. The van der Waals surface area contributed by atoms with Gasteiger partial charge in [-0.2, -0.15) is 0 Å². The molecule has 0 amide bonds. The van der Waals surface area contributed by atoms with Crippen molar-refractivity contribution >= 4 is 0 Å². The van der Waals surface area contributed by atoms with Crippen LogP contribution < -0.4 is 0 Å². The fourth-order valence-corrected chi connectivity index (χ4v) is 15.3. The molecule has 4 aliphatic rings. The Hall–Kier alpha value is -0.120. The topological polar surface area (TPSA) is 0 Å². The lowest BCUT2D eigenvalue weighted by molar-refractivity contribution is -0.930. The van der Waals surface area contributed by atoms with Crippen LogP contribution in [0.1, 0.15) is 317 Å². The maximum absolute atomic E-state index is 2.51. The Kier molecular flexibility index (Phi) is 34.4. The molecule has 0 spiro atoms. The smallest absolute Gasteiger partial charge is 0.0994 e. The van der Waals surface area contributed by atoms with Crippen LogP contribution in [0, 0.1) is 23.7 Å². The average molecular weight is 956 g/mol. The summed E-state index contributed by atoms with van der Waals surface area (Å²) in [6.45, 7) is 23.7. The molecule has 2 unspecified atom stereocenters. The van der Waals surface area contributed by atoms with E-state index in [4.69, 9.17) is 0 Å². The summed E-state index contributed by atoms with van der Waals surface area (Å²) in [7, 11) is 7.54. The van der Waals surface area contributed by atoms with Gasteiger partial charge < -0.3 is 13.4 Å². The molecule has 3 heteroatoms. The first-order chi connectivity index (χ1) is 33.1. The Bertz CT molecular complexity index is 1080. The van der Waals surface area contributed by atoms with E-state index in [0.717, 1.165) is 23.7 Å². The van der Waals surface area contributed by atoms with Gasteiger partial charge in [-0.25, -0.2) is 0 Å². The second-order valence-electron chi connectivity index (χ2n) is 26.3. The maximum atomic E-state index is 2.51. The number of unbranched alkanes of at least 4 members (excludes halogenated alkanes) is 31. The van der Waals surface area contributed by atoms with E-state index in [2.05, 4.69) is 55.8 Å². The van der Waals surface area contributed by atoms with E-state index in [9.17, 15) is 0 Å². The first-order valence-electron chi connectivity index (χ1n) is 32.6. The van der Waals surface area contributed by atoms with Crippen LogP contribution in [0.25, 0.3) is 0 Å². The van der Waals surface area contributed by atoms with Gasteiger partial charge in [0, 0.05) is 19.3 Å². The molecule has 4 saturated carbocycles. The third kappa shape index (κ3) is 24.7. The molecule has 0 aromatic carbocycles. The summed E-state index contributed by atoms with van der Waals surface area (Å²) in [4.78, 5) is 0. The van der Waals surface area contributed by atoms with E-state index in [1.807, 2.05) is 0 Å². The van der Waals surface area contributed by atoms with Crippen molar-refractivity contribution < 1.29 is 13.4 Å². The summed E-state index contributed by atoms with van der Waals surface area (Å²) in [6, 6.07) is 0. The zero-order chi connectivity index (χ0) is 49.1. The standard InChI is InChI=1S/C65H132N3/c1-9-14-19-21-33-42-52-68(53-43-34-22-20-15-10-2,55-46-37-31-28-32-38-47-64-62-56-61-57-63(64)60-65(58-61,59-62)66(6,7)8)54-45-36-30-27-25-23-24-26-29-35-44-51-67(48-39-16-11-3,49-40-17-12-4)50-41-18-13-5/h61-64H,9-60H2,1-8H3/q+3. The molecular weight excluding hydrogens is 823 g/mol. The van der Waals surface area contributed by atoms with Crippen molar-refractivity contribution in [1.82, 2.24) is 0 Å². The maximum Gasteiger partial charge on any atom is 0.0994 e. The van der Waals surface area contributed by atoms with E-state index in [-0.39, 0.29) is 0 Å². The van der Waals surface area contributed by atoms with E-state index in [1.54, 1.807) is 32.1 Å². The summed E-state index contributed by atoms with van der Waals surface area (Å²) >= 11 is 0. The molecule has 2 atom stereocenters. The van der Waals surface area contributed by atoms with Crippen molar-refractivity contribution in [1.29, 1.82) is 0 Å². The van der Waals surface area contributed by atoms with Crippen LogP contribution in [0.2, 0.25) is 0 Å². The van der Waals surface area contributed by atoms with E-state index >= 15 is 0 Å². The van der Waals surface area contributed by atoms with Crippen LogP contribution in [0.4, 0.5) is 0 Å². The van der Waals surface area contributed by atoms with Gasteiger partial charge in [-0.05, 0) is 146 Å². The minimum absolute atomic E-state index is 0.618. The molecule has 3 nitrogen and oxygen atoms in total. The van der Waals surface area contributed by atoms with Gasteiger partial charge >= 0.3 is 0 Å². The predicted molar refractivity (Wildman–Crippen MR) is 306 cm³/mol. The van der Waals surface area contributed by atoms with Gasteiger partial charge in [-0.3, -0.25) is 0 Å². The summed E-state index contributed by atoms with van der Waals surface area (Å²) < 4.78 is 4.16. The quantitative estimate of drug-likeness (QED) is 0.0421. The second-order valence-corrected chi connectivity index (χ2v) is 26.3. The Morgan fingerprint density at radius 3 is 0.809 bits per heavy atom. The molecular formula is C65H132N3+3. The Balaban J connectivity index is 1.38. The third-order valence-electron chi connectivity index (χ3n) is 19.7. The van der Waals surface area contributed by atoms with Crippen LogP contribution >= 0.6 is 0 Å². The highest BCUT2D eigenvalue weighted by molar-refractivity contribution is 5.06. The van der Waals surface area contributed by atoms with Gasteiger partial charge in [0.05, 0.1) is 79.0 Å². The normalized spacial score (nSPS) is 21.7. The number of hydrogen-bond acceptors (Lipinski definition) is 0. The molecule has 4 rings (SSSR count). The van der Waals surface area contributed by atoms with Crippen LogP contribution in [0.3, 0.4) is 0 Å². The van der Waals surface area contributed by atoms with Gasteiger partial charge in [0.15, 0.2) is 0 Å². The number of hydrogen-bond donors (Lipinski definition) is 0. The highest BCUT2D eigenvalue weighted by Gasteiger charge is 2.60. The van der Waals surface area contributed by atoms with E-state index in [0.29, 0.717) is 5.54 Å². The van der Waals surface area contributed by atoms with Crippen molar-refractivity contribution in [3.63, 3.8) is 0 Å². The Morgan fingerprint density at radius 2 is 0.529 bits per heavy atom. The average Bonchev–Trinajstić information content (AvgIpc) is 3.31. The van der Waals surface area contributed by atoms with Crippen LogP contribution in [0.5, 0.6) is 0 Å². The van der Waals surface area contributed by atoms with Crippen molar-refractivity contribution in [3.8, 4) is 0 Å². The lowest BCUT2D eigenvalue weighted by atomic mass is 9.47. The van der Waals surface area contributed by atoms with Crippen LogP contribution in [-0.2, 0) is 0 Å². The Labute approximate surface area is 431 Å². The lowest BCUT2D eigenvalue weighted by Gasteiger charge is -2.63. The molecule has 0 N–H and O–H groups in total. The van der Waals surface area contributed by atoms with Crippen LogP contribution in [-0.4, -0.2) is 92.5 Å². The summed E-state index contributed by atoms with van der Waals surface area (Å²) in [5.41, 5.74) is 0.618. The third-order valence-corrected chi connectivity index (χ3v) is 19.7. The number of rotatable bonds is 50. The van der Waals surface area contributed by atoms with Gasteiger partial charge in [0.1, 0.15) is 0 Å². The molecule has 0 aromatic heterocycles. The molecule has 404 valence electrons. The van der Waals surface area contributed by atoms with Gasteiger partial charge in [0.25, 0.3) is 0 Å². The number of nitrogens with zero attached hydrogens (tertiary/aromatic N) is 3. The van der Waals surface area contributed by atoms with Gasteiger partial charge in [-0.1, -0.05) is 176 Å². The molecule has 0 saturated heterocycles. The zero-order valence-corrected chi connectivity index (χ0v) is 48.9. The minimum Gasteiger partial charge on any atom is -0.326 e. The molecule has 0 radical (unpaired) electrons. The highest BCUT2D eigenvalue weighted by Crippen LogP contribution is 2.62. The van der Waals surface area contributed by atoms with E-state index < -0.39 is 0 Å². The van der Waals surface area contributed by atoms with Crippen molar-refractivity contribution in [3.05, 3.63) is 0 Å². The molecule has 0 heterocycles. The highest BCUT2D eigenvalue weighted by atomic mass is 15.4. The van der Waals surface area contributed by atoms with Crippen LogP contribution in [0.15, 0.2) is 0 Å². The fraction of sp³-hybridized carbons (Fsp3) is 1.00. The summed E-state index contributed by atoms with van der Waals surface area (Å²) in [5, 5.41) is 0. The van der Waals surface area contributed by atoms with E-state index in [1.165, 1.54) is 316 Å². The summed E-state index contributed by atoms with van der Waals surface area (Å²) in [5.74, 6) is 4.25. The molecule has 68 heavy (non-hydrogen) atoms. The lowest BCUT2D eigenvalue weighted by Crippen LogP contribution is -2.67. The van der Waals surface area contributed by atoms with Crippen molar-refractivity contribution in [2.45, 2.75) is 323 Å². The van der Waals surface area contributed by atoms with Gasteiger partial charge in [-0.15, -0.1) is 0 Å². The molecule has 4 fully saturated rings. The zero-order valence-electron chi connectivity index (χ0n) is 48.9. The monoisotopic (exact) mass is 955 g/mol. The second kappa shape index (κ2) is 37.6. The SMILES string of the molecule is CCCCCCCC[N+](CCCCCCCC)(CCCCCCCCCCCCC[N+](CCCCC)(CCCCC)CCCCC)CCCCCCCCC1C2CC3CC1CC([N+](C)(C)C)(C3)C2. The van der Waals surface area contributed by atoms with Gasteiger partial charge in [0.2, 0.25) is 0 Å². The molecule has 4 aliphatic carbocycles. The minimum atomic E-state index is 0.618. The fourth-order valence-electron chi connectivity index (χ4n) is 15.3. The largest absolute Gasteiger partial charge is 0.326 e. The number of quaternary nitrogens is 3. The molecule has 0 aromatic rings. The predicted octanol–water partition coefficient (Wildman–Crippen LogP) is 19.8. The Morgan fingerprint density at radius 1 is 0.294 bits per heavy atom. The summed E-state index contributed by atoms with van der Waals surface area (Å²) in [6.07, 6.45) is 64.8.